The van der Waals surface area contributed by atoms with Crippen molar-refractivity contribution in [1.82, 2.24) is 19.5 Å². The van der Waals surface area contributed by atoms with Crippen LogP contribution < -0.4 is 5.32 Å². The first-order valence-corrected chi connectivity index (χ1v) is 16.2. The van der Waals surface area contributed by atoms with E-state index in [1.54, 1.807) is 21.3 Å². The summed E-state index contributed by atoms with van der Waals surface area (Å²) in [7, 11) is -3.79. The molecule has 0 bridgehead atoms. The van der Waals surface area contributed by atoms with Gasteiger partial charge < -0.3 is 10.4 Å². The minimum atomic E-state index is -3.79. The molecule has 0 saturated heterocycles. The highest BCUT2D eigenvalue weighted by molar-refractivity contribution is 7.89. The van der Waals surface area contributed by atoms with Crippen molar-refractivity contribution >= 4 is 32.7 Å². The molecule has 0 amide bonds. The number of likely N-dealkylation sites (N-methyl/N-ethyl adjacent to an activating group) is 1. The minimum Gasteiger partial charge on any atom is -0.480 e. The van der Waals surface area contributed by atoms with Crippen LogP contribution in [0.4, 0.5) is 5.69 Å². The van der Waals surface area contributed by atoms with Crippen molar-refractivity contribution in [2.24, 2.45) is 0 Å². The van der Waals surface area contributed by atoms with Gasteiger partial charge in [-0.15, -0.1) is 0 Å². The number of aliphatic carboxylic acids is 1. The number of carbonyl (C=O) groups is 1. The standard InChI is InChI=1S/C28H49N5O5S/c1-4-7-9-11-13-15-20-33(21-16-14-12-10-8-5-2)39(36,37)25-18-17-24(27-28(25)31-38-30-27)29-19-22-32(6-3)23-26(34)35/h17-18,29H,4-16,19-23H2,1-3H3,(H,34,35). The maximum absolute atomic E-state index is 13.9. The van der Waals surface area contributed by atoms with E-state index in [0.717, 1.165) is 38.5 Å². The predicted molar refractivity (Wildman–Crippen MR) is 156 cm³/mol. The molecule has 2 N–H and O–H groups in total. The van der Waals surface area contributed by atoms with Gasteiger partial charge in [-0.3, -0.25) is 9.69 Å². The van der Waals surface area contributed by atoms with E-state index in [1.165, 1.54) is 38.5 Å². The summed E-state index contributed by atoms with van der Waals surface area (Å²) < 4.78 is 34.3. The molecule has 0 radical (unpaired) electrons. The summed E-state index contributed by atoms with van der Waals surface area (Å²) in [5.41, 5.74) is 1.18. The van der Waals surface area contributed by atoms with Crippen molar-refractivity contribution in [2.75, 3.05) is 44.6 Å². The normalized spacial score (nSPS) is 12.1. The number of sulfonamides is 1. The van der Waals surface area contributed by atoms with E-state index in [4.69, 9.17) is 9.74 Å². The molecule has 0 aliphatic heterocycles. The SMILES string of the molecule is CCCCCCCCN(CCCCCCCC)S(=O)(=O)c1ccc(NCCN(CC)CC(=O)O)c2nonc12. The molecule has 0 aliphatic rings. The molecule has 222 valence electrons. The fourth-order valence-electron chi connectivity index (χ4n) is 4.71. The van der Waals surface area contributed by atoms with Crippen molar-refractivity contribution in [1.29, 1.82) is 0 Å². The van der Waals surface area contributed by atoms with Crippen LogP contribution in [0.1, 0.15) is 97.8 Å². The predicted octanol–water partition coefficient (Wildman–Crippen LogP) is 5.75. The molecule has 1 heterocycles. The number of benzene rings is 1. The highest BCUT2D eigenvalue weighted by atomic mass is 32.2. The molecule has 0 unspecified atom stereocenters. The zero-order valence-corrected chi connectivity index (χ0v) is 25.0. The van der Waals surface area contributed by atoms with Crippen LogP contribution >= 0.6 is 0 Å². The minimum absolute atomic E-state index is 0.0384. The third-order valence-electron chi connectivity index (χ3n) is 7.07. The van der Waals surface area contributed by atoms with Crippen molar-refractivity contribution in [3.8, 4) is 0 Å². The van der Waals surface area contributed by atoms with Crippen molar-refractivity contribution in [3.05, 3.63) is 12.1 Å². The third kappa shape index (κ3) is 11.0. The summed E-state index contributed by atoms with van der Waals surface area (Å²) >= 11 is 0. The maximum Gasteiger partial charge on any atom is 0.317 e. The average Bonchev–Trinajstić information content (AvgIpc) is 3.40. The first-order chi connectivity index (χ1) is 18.8. The average molecular weight is 568 g/mol. The number of anilines is 1. The Hall–Kier alpha value is -2.24. The smallest absolute Gasteiger partial charge is 0.317 e. The van der Waals surface area contributed by atoms with Gasteiger partial charge in [-0.2, -0.15) is 4.31 Å². The van der Waals surface area contributed by atoms with E-state index < -0.39 is 16.0 Å². The monoisotopic (exact) mass is 567 g/mol. The van der Waals surface area contributed by atoms with E-state index in [-0.39, 0.29) is 17.0 Å². The Bertz CT molecular complexity index is 1060. The van der Waals surface area contributed by atoms with E-state index in [2.05, 4.69) is 29.5 Å². The van der Waals surface area contributed by atoms with E-state index in [9.17, 15) is 13.2 Å². The van der Waals surface area contributed by atoms with Gasteiger partial charge in [-0.1, -0.05) is 85.0 Å². The lowest BCUT2D eigenvalue weighted by molar-refractivity contribution is -0.138. The molecule has 11 heteroatoms. The van der Waals surface area contributed by atoms with Crippen LogP contribution in [0, 0.1) is 0 Å². The van der Waals surface area contributed by atoms with Gasteiger partial charge in [0.25, 0.3) is 0 Å². The fraction of sp³-hybridized carbons (Fsp3) is 0.750. The Morgan fingerprint density at radius 3 is 1.97 bits per heavy atom. The lowest BCUT2D eigenvalue weighted by Crippen LogP contribution is -2.34. The van der Waals surface area contributed by atoms with Gasteiger partial charge in [0.15, 0.2) is 11.0 Å². The molecule has 2 rings (SSSR count). The quantitative estimate of drug-likeness (QED) is 0.161. The first-order valence-electron chi connectivity index (χ1n) is 14.8. The van der Waals surface area contributed by atoms with Gasteiger partial charge in [0, 0.05) is 26.2 Å². The number of unbranched alkanes of at least 4 members (excludes halogenated alkanes) is 10. The van der Waals surface area contributed by atoms with E-state index in [0.29, 0.717) is 43.9 Å². The van der Waals surface area contributed by atoms with Gasteiger partial charge in [0.2, 0.25) is 10.0 Å². The van der Waals surface area contributed by atoms with Crippen LogP contribution in [0.15, 0.2) is 21.7 Å². The molecule has 0 atom stereocenters. The Kier molecular flexibility index (Phi) is 15.4. The molecule has 39 heavy (non-hydrogen) atoms. The van der Waals surface area contributed by atoms with Crippen LogP contribution in [0.2, 0.25) is 0 Å². The second-order valence-corrected chi connectivity index (χ2v) is 12.1. The van der Waals surface area contributed by atoms with Crippen molar-refractivity contribution < 1.29 is 22.9 Å². The second-order valence-electron chi connectivity index (χ2n) is 10.2. The number of aromatic nitrogens is 2. The number of hydrogen-bond acceptors (Lipinski definition) is 8. The lowest BCUT2D eigenvalue weighted by atomic mass is 10.1. The van der Waals surface area contributed by atoms with Crippen molar-refractivity contribution in [2.45, 2.75) is 103 Å². The highest BCUT2D eigenvalue weighted by Crippen LogP contribution is 2.29. The second kappa shape index (κ2) is 18.2. The number of nitrogens with zero attached hydrogens (tertiary/aromatic N) is 4. The molecule has 1 aromatic carbocycles. The first kappa shape index (κ1) is 33.0. The van der Waals surface area contributed by atoms with Gasteiger partial charge in [0.1, 0.15) is 4.90 Å². The van der Waals surface area contributed by atoms with Gasteiger partial charge in [0.05, 0.1) is 12.2 Å². The zero-order chi connectivity index (χ0) is 28.5. The summed E-state index contributed by atoms with van der Waals surface area (Å²) in [4.78, 5) is 12.9. The summed E-state index contributed by atoms with van der Waals surface area (Å²) in [6.45, 7) is 8.83. The van der Waals surface area contributed by atoms with E-state index >= 15 is 0 Å². The summed E-state index contributed by atoms with van der Waals surface area (Å²) in [6.07, 6.45) is 13.1. The summed E-state index contributed by atoms with van der Waals surface area (Å²) in [5.74, 6) is -0.874. The topological polar surface area (TPSA) is 129 Å². The Morgan fingerprint density at radius 2 is 1.41 bits per heavy atom. The molecular formula is C28H49N5O5S. The maximum atomic E-state index is 13.9. The Morgan fingerprint density at radius 1 is 0.846 bits per heavy atom. The molecule has 0 spiro atoms. The van der Waals surface area contributed by atoms with Crippen LogP contribution in [0.5, 0.6) is 0 Å². The van der Waals surface area contributed by atoms with Gasteiger partial charge >= 0.3 is 5.97 Å². The fourth-order valence-corrected chi connectivity index (χ4v) is 6.35. The third-order valence-corrected chi connectivity index (χ3v) is 9.00. The zero-order valence-electron chi connectivity index (χ0n) is 24.2. The Labute approximate surface area is 234 Å². The highest BCUT2D eigenvalue weighted by Gasteiger charge is 2.28. The van der Waals surface area contributed by atoms with Crippen LogP contribution in [-0.4, -0.2) is 78.3 Å². The van der Waals surface area contributed by atoms with Gasteiger partial charge in [-0.25, -0.2) is 13.0 Å². The van der Waals surface area contributed by atoms with E-state index in [1.807, 2.05) is 6.92 Å². The molecule has 0 aliphatic carbocycles. The van der Waals surface area contributed by atoms with Gasteiger partial charge in [-0.05, 0) is 41.8 Å². The molecular weight excluding hydrogens is 518 g/mol. The molecule has 1 aromatic heterocycles. The van der Waals surface area contributed by atoms with Crippen LogP contribution in [0.25, 0.3) is 11.0 Å². The molecule has 0 saturated carbocycles. The summed E-state index contributed by atoms with van der Waals surface area (Å²) in [5, 5.41) is 20.2. The number of hydrogen-bond donors (Lipinski definition) is 2. The number of nitrogens with one attached hydrogen (secondary N) is 1. The number of carboxylic acids is 1. The van der Waals surface area contributed by atoms with Crippen LogP contribution in [0.3, 0.4) is 0 Å². The molecule has 0 fully saturated rings. The number of carboxylic acid groups (broad SMARTS) is 1. The number of rotatable bonds is 23. The summed E-state index contributed by atoms with van der Waals surface area (Å²) in [6, 6.07) is 3.27. The van der Waals surface area contributed by atoms with Crippen LogP contribution in [-0.2, 0) is 14.8 Å². The molecule has 10 nitrogen and oxygen atoms in total. The Balaban J connectivity index is 2.14. The molecule has 2 aromatic rings. The largest absolute Gasteiger partial charge is 0.480 e. The number of fused-ring (bicyclic) bond motifs is 1. The van der Waals surface area contributed by atoms with Crippen molar-refractivity contribution in [3.63, 3.8) is 0 Å². The lowest BCUT2D eigenvalue weighted by Gasteiger charge is -2.23.